The molecule has 4 unspecified atom stereocenters. The van der Waals surface area contributed by atoms with Crippen molar-refractivity contribution in [1.29, 1.82) is 0 Å². The summed E-state index contributed by atoms with van der Waals surface area (Å²) >= 11 is 0. The lowest BCUT2D eigenvalue weighted by molar-refractivity contribution is -0.123. The van der Waals surface area contributed by atoms with Crippen LogP contribution in [0.15, 0.2) is 36.4 Å². The molecule has 2 bridgehead atoms. The minimum Gasteiger partial charge on any atom is -0.497 e. The second-order valence-electron chi connectivity index (χ2n) is 5.71. The van der Waals surface area contributed by atoms with E-state index in [1.165, 1.54) is 4.90 Å². The molecule has 4 rings (SSSR count). The van der Waals surface area contributed by atoms with E-state index in [1.54, 1.807) is 31.4 Å². The van der Waals surface area contributed by atoms with Crippen molar-refractivity contribution in [3.8, 4) is 5.75 Å². The minimum absolute atomic E-state index is 0.0398. The van der Waals surface area contributed by atoms with Gasteiger partial charge in [-0.15, -0.1) is 0 Å². The van der Waals surface area contributed by atoms with Gasteiger partial charge in [-0.1, -0.05) is 12.2 Å². The number of methoxy groups -OCH3 is 1. The summed E-state index contributed by atoms with van der Waals surface area (Å²) in [5.74, 6) is 0.868. The van der Waals surface area contributed by atoms with Crippen molar-refractivity contribution < 1.29 is 14.3 Å². The lowest BCUT2D eigenvalue weighted by Gasteiger charge is -2.17. The van der Waals surface area contributed by atoms with Crippen LogP contribution in [-0.2, 0) is 9.59 Å². The maximum absolute atomic E-state index is 12.6. The lowest BCUT2D eigenvalue weighted by atomic mass is 9.85. The monoisotopic (exact) mass is 269 g/mol. The summed E-state index contributed by atoms with van der Waals surface area (Å²) in [5.41, 5.74) is 0.648. The Kier molecular flexibility index (Phi) is 2.31. The molecular formula is C16H15NO3. The largest absolute Gasteiger partial charge is 0.497 e. The molecule has 3 aliphatic rings. The quantitative estimate of drug-likeness (QED) is 0.609. The molecule has 1 aromatic rings. The molecule has 2 fully saturated rings. The topological polar surface area (TPSA) is 46.6 Å². The first-order valence-corrected chi connectivity index (χ1v) is 6.91. The van der Waals surface area contributed by atoms with Gasteiger partial charge in [0, 0.05) is 0 Å². The molecule has 0 radical (unpaired) electrons. The SMILES string of the molecule is COc1ccc(N2C(=O)C3C4C=CC(C4)C3C2=O)cc1. The first kappa shape index (κ1) is 11.7. The highest BCUT2D eigenvalue weighted by atomic mass is 16.5. The highest BCUT2D eigenvalue weighted by Crippen LogP contribution is 2.53. The lowest BCUT2D eigenvalue weighted by Crippen LogP contribution is -2.32. The van der Waals surface area contributed by atoms with Crippen LogP contribution < -0.4 is 9.64 Å². The van der Waals surface area contributed by atoms with E-state index >= 15 is 0 Å². The van der Waals surface area contributed by atoms with E-state index in [1.807, 2.05) is 0 Å². The van der Waals surface area contributed by atoms with Gasteiger partial charge in [-0.25, -0.2) is 0 Å². The van der Waals surface area contributed by atoms with E-state index in [9.17, 15) is 9.59 Å². The van der Waals surface area contributed by atoms with Crippen molar-refractivity contribution in [3.63, 3.8) is 0 Å². The molecule has 4 nitrogen and oxygen atoms in total. The number of carbonyl (C=O) groups is 2. The zero-order chi connectivity index (χ0) is 13.9. The molecule has 1 heterocycles. The van der Waals surface area contributed by atoms with Crippen LogP contribution in [0, 0.1) is 23.7 Å². The molecule has 1 saturated heterocycles. The number of benzene rings is 1. The summed E-state index contributed by atoms with van der Waals surface area (Å²) in [6.07, 6.45) is 5.17. The maximum Gasteiger partial charge on any atom is 0.238 e. The zero-order valence-electron chi connectivity index (χ0n) is 11.2. The van der Waals surface area contributed by atoms with Crippen molar-refractivity contribution in [1.82, 2.24) is 0 Å². The number of rotatable bonds is 2. The van der Waals surface area contributed by atoms with Gasteiger partial charge in [-0.2, -0.15) is 0 Å². The summed E-state index contributed by atoms with van der Waals surface area (Å²) in [6, 6.07) is 7.09. The van der Waals surface area contributed by atoms with Gasteiger partial charge >= 0.3 is 0 Å². The van der Waals surface area contributed by atoms with E-state index < -0.39 is 0 Å². The molecule has 102 valence electrons. The fourth-order valence-electron chi connectivity index (χ4n) is 3.89. The highest BCUT2D eigenvalue weighted by molar-refractivity contribution is 6.22. The first-order valence-electron chi connectivity index (χ1n) is 6.91. The predicted octanol–water partition coefficient (Wildman–Crippen LogP) is 2.01. The van der Waals surface area contributed by atoms with Crippen molar-refractivity contribution in [3.05, 3.63) is 36.4 Å². The molecular weight excluding hydrogens is 254 g/mol. The van der Waals surface area contributed by atoms with Gasteiger partial charge in [-0.05, 0) is 42.5 Å². The number of allylic oxidation sites excluding steroid dienone is 2. The summed E-state index contributed by atoms with van der Waals surface area (Å²) in [4.78, 5) is 26.5. The van der Waals surface area contributed by atoms with Crippen molar-refractivity contribution >= 4 is 17.5 Å². The van der Waals surface area contributed by atoms with E-state index in [0.717, 1.165) is 12.2 Å². The first-order chi connectivity index (χ1) is 9.70. The molecule has 20 heavy (non-hydrogen) atoms. The van der Waals surface area contributed by atoms with Crippen LogP contribution in [0.5, 0.6) is 5.75 Å². The van der Waals surface area contributed by atoms with Gasteiger partial charge in [0.15, 0.2) is 0 Å². The summed E-state index contributed by atoms with van der Waals surface area (Å²) < 4.78 is 5.11. The fourth-order valence-corrected chi connectivity index (χ4v) is 3.89. The second-order valence-corrected chi connectivity index (χ2v) is 5.71. The molecule has 1 aliphatic heterocycles. The van der Waals surface area contributed by atoms with Gasteiger partial charge in [0.2, 0.25) is 11.8 Å². The normalized spacial score (nSPS) is 34.0. The number of carbonyl (C=O) groups excluding carboxylic acids is 2. The number of anilines is 1. The number of ether oxygens (including phenoxy) is 1. The number of amides is 2. The molecule has 4 heteroatoms. The fraction of sp³-hybridized carbons (Fsp3) is 0.375. The average molecular weight is 269 g/mol. The van der Waals surface area contributed by atoms with Crippen molar-refractivity contribution in [2.45, 2.75) is 6.42 Å². The number of fused-ring (bicyclic) bond motifs is 5. The Bertz CT molecular complexity index is 589. The maximum atomic E-state index is 12.6. The zero-order valence-corrected chi connectivity index (χ0v) is 11.2. The van der Waals surface area contributed by atoms with E-state index in [0.29, 0.717) is 5.69 Å². The van der Waals surface area contributed by atoms with Crippen LogP contribution in [0.25, 0.3) is 0 Å². The average Bonchev–Trinajstić information content (AvgIpc) is 3.14. The molecule has 0 aromatic heterocycles. The molecule has 0 N–H and O–H groups in total. The van der Waals surface area contributed by atoms with Gasteiger partial charge in [-0.3, -0.25) is 14.5 Å². The van der Waals surface area contributed by atoms with E-state index in [2.05, 4.69) is 12.2 Å². The third kappa shape index (κ3) is 1.36. The minimum atomic E-state index is -0.139. The Hall–Kier alpha value is -2.10. The van der Waals surface area contributed by atoms with Crippen LogP contribution in [0.2, 0.25) is 0 Å². The molecule has 2 aliphatic carbocycles. The number of nitrogens with zero attached hydrogens (tertiary/aromatic N) is 1. The van der Waals surface area contributed by atoms with Gasteiger partial charge < -0.3 is 4.74 Å². The number of imide groups is 1. The third-order valence-electron chi connectivity index (χ3n) is 4.80. The molecule has 4 atom stereocenters. The Morgan fingerprint density at radius 2 is 1.55 bits per heavy atom. The van der Waals surface area contributed by atoms with Crippen molar-refractivity contribution in [2.75, 3.05) is 12.0 Å². The van der Waals surface area contributed by atoms with Gasteiger partial charge in [0.25, 0.3) is 0 Å². The molecule has 1 saturated carbocycles. The smallest absolute Gasteiger partial charge is 0.238 e. The Labute approximate surface area is 117 Å². The van der Waals surface area contributed by atoms with E-state index in [-0.39, 0.29) is 35.5 Å². The van der Waals surface area contributed by atoms with Gasteiger partial charge in [0.1, 0.15) is 5.75 Å². The third-order valence-corrected chi connectivity index (χ3v) is 4.80. The number of hydrogen-bond donors (Lipinski definition) is 0. The Morgan fingerprint density at radius 1 is 1.00 bits per heavy atom. The second kappa shape index (κ2) is 3.95. The predicted molar refractivity (Wildman–Crippen MR) is 73.2 cm³/mol. The van der Waals surface area contributed by atoms with Crippen molar-refractivity contribution in [2.24, 2.45) is 23.7 Å². The van der Waals surface area contributed by atoms with Gasteiger partial charge in [0.05, 0.1) is 24.6 Å². The summed E-state index contributed by atoms with van der Waals surface area (Å²) in [5, 5.41) is 0. The summed E-state index contributed by atoms with van der Waals surface area (Å²) in [6.45, 7) is 0. The standard InChI is InChI=1S/C16H15NO3/c1-20-12-6-4-11(5-7-12)17-15(18)13-9-2-3-10(8-9)14(13)16(17)19/h2-7,9-10,13-14H,8H2,1H3. The Balaban J connectivity index is 1.70. The molecule has 0 spiro atoms. The van der Waals surface area contributed by atoms with Crippen LogP contribution in [0.3, 0.4) is 0 Å². The van der Waals surface area contributed by atoms with E-state index in [4.69, 9.17) is 4.74 Å². The summed E-state index contributed by atoms with van der Waals surface area (Å²) in [7, 11) is 1.59. The van der Waals surface area contributed by atoms with Crippen LogP contribution in [0.4, 0.5) is 5.69 Å². The highest BCUT2D eigenvalue weighted by Gasteiger charge is 2.59. The number of hydrogen-bond acceptors (Lipinski definition) is 3. The van der Waals surface area contributed by atoms with Crippen LogP contribution in [0.1, 0.15) is 6.42 Å². The molecule has 1 aromatic carbocycles. The van der Waals surface area contributed by atoms with Crippen LogP contribution in [-0.4, -0.2) is 18.9 Å². The Morgan fingerprint density at radius 3 is 2.05 bits per heavy atom. The molecule has 2 amide bonds. The van der Waals surface area contributed by atoms with Crippen LogP contribution >= 0.6 is 0 Å².